The highest BCUT2D eigenvalue weighted by Crippen LogP contribution is 2.29. The van der Waals surface area contributed by atoms with Gasteiger partial charge in [0.25, 0.3) is 11.8 Å². The summed E-state index contributed by atoms with van der Waals surface area (Å²) in [6.45, 7) is 0.653. The standard InChI is InChI=1S/C24H22N2O2/c27-23(20-13-5-2-6-14-20)25-22(19-11-3-1-4-12-19)24(28)26-17-9-15-18-10-7-8-16-21(18)26/h1-8,10-14,16,22H,9,15,17H2,(H,25,27)/t22-/m0/s1. The van der Waals surface area contributed by atoms with Crippen LogP contribution >= 0.6 is 0 Å². The monoisotopic (exact) mass is 370 g/mol. The Morgan fingerprint density at radius 2 is 1.46 bits per heavy atom. The highest BCUT2D eigenvalue weighted by molar-refractivity contribution is 6.03. The number of benzene rings is 3. The molecule has 2 amide bonds. The molecule has 0 aliphatic carbocycles. The summed E-state index contributed by atoms with van der Waals surface area (Å²) < 4.78 is 0. The maximum atomic E-state index is 13.5. The molecule has 0 bridgehead atoms. The first kappa shape index (κ1) is 18.0. The smallest absolute Gasteiger partial charge is 0.254 e. The third kappa shape index (κ3) is 3.67. The van der Waals surface area contributed by atoms with Crippen LogP contribution in [-0.2, 0) is 11.2 Å². The fraction of sp³-hybridized carbons (Fsp3) is 0.167. The minimum absolute atomic E-state index is 0.109. The quantitative estimate of drug-likeness (QED) is 0.750. The number of para-hydroxylation sites is 1. The molecule has 0 unspecified atom stereocenters. The highest BCUT2D eigenvalue weighted by atomic mass is 16.2. The maximum Gasteiger partial charge on any atom is 0.254 e. The van der Waals surface area contributed by atoms with Crippen molar-refractivity contribution in [3.63, 3.8) is 0 Å². The van der Waals surface area contributed by atoms with E-state index in [0.717, 1.165) is 24.1 Å². The molecule has 1 heterocycles. The number of carbonyl (C=O) groups is 2. The lowest BCUT2D eigenvalue weighted by molar-refractivity contribution is -0.120. The van der Waals surface area contributed by atoms with Gasteiger partial charge < -0.3 is 10.2 Å². The minimum atomic E-state index is -0.736. The molecule has 0 radical (unpaired) electrons. The largest absolute Gasteiger partial charge is 0.336 e. The van der Waals surface area contributed by atoms with Gasteiger partial charge in [0.15, 0.2) is 0 Å². The van der Waals surface area contributed by atoms with Gasteiger partial charge >= 0.3 is 0 Å². The van der Waals surface area contributed by atoms with Crippen LogP contribution in [0.15, 0.2) is 84.9 Å². The van der Waals surface area contributed by atoms with Crippen molar-refractivity contribution in [2.45, 2.75) is 18.9 Å². The molecule has 4 heteroatoms. The van der Waals surface area contributed by atoms with E-state index in [1.807, 2.05) is 71.6 Å². The average molecular weight is 370 g/mol. The van der Waals surface area contributed by atoms with Crippen LogP contribution in [0.3, 0.4) is 0 Å². The second-order valence-electron chi connectivity index (χ2n) is 6.91. The molecule has 3 aromatic carbocycles. The third-order valence-electron chi connectivity index (χ3n) is 5.07. The highest BCUT2D eigenvalue weighted by Gasteiger charge is 2.31. The number of nitrogens with one attached hydrogen (secondary N) is 1. The number of carbonyl (C=O) groups excluding carboxylic acids is 2. The first-order valence-electron chi connectivity index (χ1n) is 9.54. The summed E-state index contributed by atoms with van der Waals surface area (Å²) in [7, 11) is 0. The van der Waals surface area contributed by atoms with Crippen LogP contribution in [0.2, 0.25) is 0 Å². The zero-order valence-corrected chi connectivity index (χ0v) is 15.5. The molecule has 28 heavy (non-hydrogen) atoms. The van der Waals surface area contributed by atoms with Gasteiger partial charge in [0.1, 0.15) is 6.04 Å². The van der Waals surface area contributed by atoms with E-state index in [1.54, 1.807) is 12.1 Å². The number of rotatable bonds is 4. The number of hydrogen-bond donors (Lipinski definition) is 1. The molecule has 1 N–H and O–H groups in total. The topological polar surface area (TPSA) is 49.4 Å². The van der Waals surface area contributed by atoms with Crippen molar-refractivity contribution >= 4 is 17.5 Å². The van der Waals surface area contributed by atoms with Crippen molar-refractivity contribution in [3.8, 4) is 0 Å². The van der Waals surface area contributed by atoms with Crippen molar-refractivity contribution in [1.82, 2.24) is 5.32 Å². The number of aryl methyl sites for hydroxylation is 1. The predicted molar refractivity (Wildman–Crippen MR) is 110 cm³/mol. The van der Waals surface area contributed by atoms with E-state index >= 15 is 0 Å². The van der Waals surface area contributed by atoms with Crippen LogP contribution in [-0.4, -0.2) is 18.4 Å². The molecule has 140 valence electrons. The zero-order valence-electron chi connectivity index (χ0n) is 15.5. The Labute approximate surface area is 164 Å². The molecule has 1 aliphatic rings. The summed E-state index contributed by atoms with van der Waals surface area (Å²) in [4.78, 5) is 28.1. The molecular formula is C24H22N2O2. The van der Waals surface area contributed by atoms with Crippen LogP contribution in [0.1, 0.15) is 33.9 Å². The summed E-state index contributed by atoms with van der Waals surface area (Å²) in [6, 6.07) is 25.7. The van der Waals surface area contributed by atoms with E-state index in [1.165, 1.54) is 5.56 Å². The van der Waals surface area contributed by atoms with Gasteiger partial charge in [0, 0.05) is 17.8 Å². The summed E-state index contributed by atoms with van der Waals surface area (Å²) in [5, 5.41) is 2.95. The summed E-state index contributed by atoms with van der Waals surface area (Å²) in [5.41, 5.74) is 3.42. The second kappa shape index (κ2) is 8.09. The zero-order chi connectivity index (χ0) is 19.3. The SMILES string of the molecule is O=C(N[C@H](C(=O)N1CCCc2ccccc21)c1ccccc1)c1ccccc1. The molecule has 1 aliphatic heterocycles. The molecule has 4 rings (SSSR count). The first-order valence-corrected chi connectivity index (χ1v) is 9.54. The van der Waals surface area contributed by atoms with Gasteiger partial charge in [0.2, 0.25) is 0 Å². The molecule has 0 fully saturated rings. The molecule has 3 aromatic rings. The number of hydrogen-bond acceptors (Lipinski definition) is 2. The minimum Gasteiger partial charge on any atom is -0.336 e. The fourth-order valence-corrected chi connectivity index (χ4v) is 3.66. The summed E-state index contributed by atoms with van der Waals surface area (Å²) in [6.07, 6.45) is 1.88. The first-order chi connectivity index (χ1) is 13.7. The van der Waals surface area contributed by atoms with E-state index in [4.69, 9.17) is 0 Å². The van der Waals surface area contributed by atoms with Gasteiger partial charge in [-0.3, -0.25) is 9.59 Å². The number of amides is 2. The third-order valence-corrected chi connectivity index (χ3v) is 5.07. The molecular weight excluding hydrogens is 348 g/mol. The number of anilines is 1. The molecule has 1 atom stereocenters. The van der Waals surface area contributed by atoms with Crippen LogP contribution < -0.4 is 10.2 Å². The van der Waals surface area contributed by atoms with Crippen molar-refractivity contribution < 1.29 is 9.59 Å². The average Bonchev–Trinajstić information content (AvgIpc) is 2.77. The summed E-state index contributed by atoms with van der Waals surface area (Å²) >= 11 is 0. The van der Waals surface area contributed by atoms with Crippen molar-refractivity contribution in [1.29, 1.82) is 0 Å². The van der Waals surface area contributed by atoms with Gasteiger partial charge in [-0.15, -0.1) is 0 Å². The van der Waals surface area contributed by atoms with Gasteiger partial charge in [-0.05, 0) is 42.2 Å². The van der Waals surface area contributed by atoms with Gasteiger partial charge in [-0.2, -0.15) is 0 Å². The Morgan fingerprint density at radius 1 is 0.821 bits per heavy atom. The Hall–Kier alpha value is -3.40. The lowest BCUT2D eigenvalue weighted by atomic mass is 9.99. The fourth-order valence-electron chi connectivity index (χ4n) is 3.66. The predicted octanol–water partition coefficient (Wildman–Crippen LogP) is 4.14. The van der Waals surface area contributed by atoms with E-state index < -0.39 is 6.04 Å². The lowest BCUT2D eigenvalue weighted by Gasteiger charge is -2.32. The lowest BCUT2D eigenvalue weighted by Crippen LogP contribution is -2.45. The maximum absolute atomic E-state index is 13.5. The van der Waals surface area contributed by atoms with Crippen LogP contribution in [0, 0.1) is 0 Å². The Balaban J connectivity index is 1.66. The van der Waals surface area contributed by atoms with Crippen LogP contribution in [0.4, 0.5) is 5.69 Å². The van der Waals surface area contributed by atoms with Gasteiger partial charge in [-0.1, -0.05) is 66.7 Å². The van der Waals surface area contributed by atoms with Crippen molar-refractivity contribution in [2.24, 2.45) is 0 Å². The number of fused-ring (bicyclic) bond motifs is 1. The van der Waals surface area contributed by atoms with Gasteiger partial charge in [0.05, 0.1) is 0 Å². The molecule has 0 spiro atoms. The molecule has 0 saturated carbocycles. The second-order valence-corrected chi connectivity index (χ2v) is 6.91. The van der Waals surface area contributed by atoms with E-state index in [-0.39, 0.29) is 11.8 Å². The van der Waals surface area contributed by atoms with Crippen LogP contribution in [0.5, 0.6) is 0 Å². The number of nitrogens with zero attached hydrogens (tertiary/aromatic N) is 1. The summed E-state index contributed by atoms with van der Waals surface area (Å²) in [5.74, 6) is -0.365. The normalized spacial score (nSPS) is 14.1. The van der Waals surface area contributed by atoms with Crippen LogP contribution in [0.25, 0.3) is 0 Å². The van der Waals surface area contributed by atoms with Crippen molar-refractivity contribution in [3.05, 3.63) is 102 Å². The van der Waals surface area contributed by atoms with Gasteiger partial charge in [-0.25, -0.2) is 0 Å². The Bertz CT molecular complexity index is 970. The van der Waals surface area contributed by atoms with E-state index in [2.05, 4.69) is 11.4 Å². The Morgan fingerprint density at radius 3 is 2.21 bits per heavy atom. The van der Waals surface area contributed by atoms with Crippen molar-refractivity contribution in [2.75, 3.05) is 11.4 Å². The molecule has 0 saturated heterocycles. The van der Waals surface area contributed by atoms with E-state index in [0.29, 0.717) is 12.1 Å². The molecule has 4 nitrogen and oxygen atoms in total. The Kier molecular flexibility index (Phi) is 5.20. The molecule has 0 aromatic heterocycles. The van der Waals surface area contributed by atoms with E-state index in [9.17, 15) is 9.59 Å².